The highest BCUT2D eigenvalue weighted by Gasteiger charge is 2.47. The number of anilines is 2. The van der Waals surface area contributed by atoms with Crippen molar-refractivity contribution in [2.75, 3.05) is 24.5 Å². The average molecular weight is 619 g/mol. The number of benzene rings is 2. The van der Waals surface area contributed by atoms with Gasteiger partial charge < -0.3 is 26.0 Å². The highest BCUT2D eigenvalue weighted by molar-refractivity contribution is 8.01. The summed E-state index contributed by atoms with van der Waals surface area (Å²) in [4.78, 5) is 47.7. The van der Waals surface area contributed by atoms with Crippen molar-refractivity contribution in [3.63, 3.8) is 0 Å². The summed E-state index contributed by atoms with van der Waals surface area (Å²) >= 11 is 7.43. The molecule has 10 nitrogen and oxygen atoms in total. The third kappa shape index (κ3) is 5.80. The van der Waals surface area contributed by atoms with Crippen LogP contribution in [0.25, 0.3) is 0 Å². The van der Waals surface area contributed by atoms with Crippen LogP contribution in [-0.2, 0) is 9.59 Å². The molecule has 222 valence electrons. The van der Waals surface area contributed by atoms with Gasteiger partial charge in [-0.15, -0.1) is 0 Å². The third-order valence-electron chi connectivity index (χ3n) is 7.71. The fourth-order valence-corrected chi connectivity index (χ4v) is 7.18. The summed E-state index contributed by atoms with van der Waals surface area (Å²) in [6.45, 7) is 3.01. The Morgan fingerprint density at radius 1 is 1.19 bits per heavy atom. The molecule has 43 heavy (non-hydrogen) atoms. The van der Waals surface area contributed by atoms with E-state index in [1.165, 1.54) is 17.8 Å². The van der Waals surface area contributed by atoms with Crippen LogP contribution in [0, 0.1) is 6.92 Å². The first-order chi connectivity index (χ1) is 20.8. The number of nitrogens with one attached hydrogen (secondary N) is 2. The summed E-state index contributed by atoms with van der Waals surface area (Å²) in [6.07, 6.45) is 4.61. The Balaban J connectivity index is 1.19. The highest BCUT2D eigenvalue weighted by atomic mass is 35.5. The number of hydrogen-bond donors (Lipinski definition) is 3. The number of rotatable bonds is 7. The molecule has 3 aromatic rings. The number of aryl methyl sites for hydroxylation is 1. The molecule has 3 aliphatic heterocycles. The van der Waals surface area contributed by atoms with E-state index >= 15 is 0 Å². The van der Waals surface area contributed by atoms with E-state index in [2.05, 4.69) is 15.6 Å². The van der Waals surface area contributed by atoms with E-state index in [9.17, 15) is 14.4 Å². The molecular formula is C31H31ClN6O4S. The molecule has 1 aromatic heterocycles. The smallest absolute Gasteiger partial charge is 0.327 e. The monoisotopic (exact) mass is 618 g/mol. The van der Waals surface area contributed by atoms with Gasteiger partial charge in [0.2, 0.25) is 5.91 Å². The maximum Gasteiger partial charge on any atom is 0.327 e. The largest absolute Gasteiger partial charge is 0.457 e. The first kappa shape index (κ1) is 29.0. The van der Waals surface area contributed by atoms with Crippen molar-refractivity contribution >= 4 is 52.6 Å². The number of aromatic nitrogens is 1. The number of carbonyl (C=O) groups excluding carboxylic acids is 3. The summed E-state index contributed by atoms with van der Waals surface area (Å²) in [7, 11) is 0. The lowest BCUT2D eigenvalue weighted by molar-refractivity contribution is -0.129. The van der Waals surface area contributed by atoms with Crippen LogP contribution in [0.2, 0.25) is 0 Å². The lowest BCUT2D eigenvalue weighted by Crippen LogP contribution is -2.53. The molecule has 2 unspecified atom stereocenters. The number of pyridine rings is 1. The zero-order chi connectivity index (χ0) is 30.1. The van der Waals surface area contributed by atoms with Crippen LogP contribution in [0.5, 0.6) is 11.5 Å². The van der Waals surface area contributed by atoms with E-state index in [0.29, 0.717) is 35.2 Å². The number of para-hydroxylation sites is 1. The second kappa shape index (κ2) is 12.3. The first-order valence-corrected chi connectivity index (χ1v) is 15.3. The van der Waals surface area contributed by atoms with Gasteiger partial charge in [-0.05, 0) is 67.8 Å². The predicted molar refractivity (Wildman–Crippen MR) is 166 cm³/mol. The minimum atomic E-state index is -0.607. The molecule has 4 heterocycles. The molecule has 0 bridgehead atoms. The number of ether oxygens (including phenoxy) is 1. The Kier molecular flexibility index (Phi) is 8.29. The van der Waals surface area contributed by atoms with Gasteiger partial charge in [-0.25, -0.2) is 9.78 Å². The molecule has 0 saturated carbocycles. The van der Waals surface area contributed by atoms with E-state index in [1.54, 1.807) is 16.0 Å². The second-order valence-corrected chi connectivity index (χ2v) is 12.1. The fourth-order valence-electron chi connectivity index (χ4n) is 5.74. The predicted octanol–water partition coefficient (Wildman–Crippen LogP) is 4.75. The Labute approximate surface area is 258 Å². The summed E-state index contributed by atoms with van der Waals surface area (Å²) in [5.74, 6) is 0.878. The molecule has 6 rings (SSSR count). The Morgan fingerprint density at radius 3 is 2.77 bits per heavy atom. The van der Waals surface area contributed by atoms with Crippen molar-refractivity contribution < 1.29 is 19.1 Å². The molecular weight excluding hydrogens is 588 g/mol. The van der Waals surface area contributed by atoms with Gasteiger partial charge in [-0.1, -0.05) is 41.6 Å². The maximum absolute atomic E-state index is 13.6. The Bertz CT molecular complexity index is 1600. The molecule has 3 atom stereocenters. The standard InChI is InChI=1S/C31H31ClN6O4S/c1-18-16-21(42-20-7-3-2-4-8-20)9-10-23(18)38-24-12-14-34-29-25(24)26(36-31(38)41)27(43-29)28(39)35-19-6-5-15-37(17-19)30(40)22(32)11-13-33/h2-4,7-12,14,16,19,26-27H,5-6,13,15,17,33H2,1H3,(H,35,39)(H,36,41)/b22-11-/t19?,26?,27-/m1/s1. The van der Waals surface area contributed by atoms with Crippen molar-refractivity contribution in [3.05, 3.63) is 83.0 Å². The second-order valence-electron chi connectivity index (χ2n) is 10.6. The van der Waals surface area contributed by atoms with Crippen molar-refractivity contribution in [3.8, 4) is 11.5 Å². The number of hydrogen-bond acceptors (Lipinski definition) is 7. The number of amides is 4. The molecule has 0 spiro atoms. The number of urea groups is 1. The number of nitrogens with zero attached hydrogens (tertiary/aromatic N) is 3. The van der Waals surface area contributed by atoms with Crippen LogP contribution in [0.1, 0.15) is 30.0 Å². The molecule has 2 aromatic carbocycles. The normalized spacial score (nSPS) is 21.2. The summed E-state index contributed by atoms with van der Waals surface area (Å²) < 4.78 is 5.98. The number of nitrogens with two attached hydrogens (primary N) is 1. The number of likely N-dealkylation sites (tertiary alicyclic amines) is 1. The van der Waals surface area contributed by atoms with E-state index in [1.807, 2.05) is 61.5 Å². The average Bonchev–Trinajstić information content (AvgIpc) is 3.38. The lowest BCUT2D eigenvalue weighted by atomic mass is 9.98. The van der Waals surface area contributed by atoms with Crippen LogP contribution in [-0.4, -0.2) is 58.7 Å². The van der Waals surface area contributed by atoms with Crippen molar-refractivity contribution in [2.24, 2.45) is 5.73 Å². The summed E-state index contributed by atoms with van der Waals surface area (Å²) in [5, 5.41) is 6.34. The van der Waals surface area contributed by atoms with Crippen molar-refractivity contribution in [1.82, 2.24) is 20.5 Å². The zero-order valence-corrected chi connectivity index (χ0v) is 25.0. The summed E-state index contributed by atoms with van der Waals surface area (Å²) in [5.41, 5.74) is 8.56. The molecule has 0 aliphatic carbocycles. The topological polar surface area (TPSA) is 130 Å². The molecule has 1 fully saturated rings. The fraction of sp³-hybridized carbons (Fsp3) is 0.290. The Morgan fingerprint density at radius 2 is 2.00 bits per heavy atom. The van der Waals surface area contributed by atoms with Gasteiger partial charge in [0.25, 0.3) is 5.91 Å². The van der Waals surface area contributed by atoms with Crippen LogP contribution in [0.4, 0.5) is 16.2 Å². The minimum absolute atomic E-state index is 0.0814. The van der Waals surface area contributed by atoms with E-state index in [4.69, 9.17) is 22.1 Å². The van der Waals surface area contributed by atoms with Gasteiger partial charge in [0, 0.05) is 37.4 Å². The molecule has 4 N–H and O–H groups in total. The van der Waals surface area contributed by atoms with Crippen molar-refractivity contribution in [1.29, 1.82) is 0 Å². The van der Waals surface area contributed by atoms with Crippen LogP contribution < -0.4 is 26.0 Å². The highest BCUT2D eigenvalue weighted by Crippen LogP contribution is 2.51. The van der Waals surface area contributed by atoms with Gasteiger partial charge >= 0.3 is 6.03 Å². The molecule has 1 saturated heterocycles. The quantitative estimate of drug-likeness (QED) is 0.326. The molecule has 12 heteroatoms. The van der Waals surface area contributed by atoms with Gasteiger partial charge in [-0.2, -0.15) is 0 Å². The molecule has 4 amide bonds. The van der Waals surface area contributed by atoms with E-state index in [0.717, 1.165) is 29.7 Å². The number of thioether (sulfide) groups is 1. The molecule has 3 aliphatic rings. The van der Waals surface area contributed by atoms with Gasteiger partial charge in [-0.3, -0.25) is 14.5 Å². The summed E-state index contributed by atoms with van der Waals surface area (Å²) in [6, 6.07) is 15.8. The van der Waals surface area contributed by atoms with Crippen LogP contribution in [0.15, 0.2) is 76.9 Å². The SMILES string of the molecule is Cc1cc(Oc2ccccc2)ccc1N1C(=O)NC2c3c1ccnc3S[C@H]2C(=O)NC1CCCN(C(=O)/C(Cl)=C/CN)C1. The zero-order valence-electron chi connectivity index (χ0n) is 23.5. The van der Waals surface area contributed by atoms with Crippen LogP contribution in [0.3, 0.4) is 0 Å². The number of halogens is 1. The minimum Gasteiger partial charge on any atom is -0.457 e. The number of carbonyl (C=O) groups is 3. The van der Waals surface area contributed by atoms with Gasteiger partial charge in [0.15, 0.2) is 0 Å². The van der Waals surface area contributed by atoms with Gasteiger partial charge in [0.1, 0.15) is 26.8 Å². The van der Waals surface area contributed by atoms with E-state index in [-0.39, 0.29) is 35.5 Å². The Hall–Kier alpha value is -4.06. The van der Waals surface area contributed by atoms with Crippen LogP contribution >= 0.6 is 23.4 Å². The number of piperidine rings is 1. The van der Waals surface area contributed by atoms with Crippen molar-refractivity contribution in [2.45, 2.75) is 42.1 Å². The maximum atomic E-state index is 13.6. The van der Waals surface area contributed by atoms with E-state index < -0.39 is 11.3 Å². The first-order valence-electron chi connectivity index (χ1n) is 14.1. The van der Waals surface area contributed by atoms with Gasteiger partial charge in [0.05, 0.1) is 17.4 Å². The third-order valence-corrected chi connectivity index (χ3v) is 9.31. The molecule has 0 radical (unpaired) electrons. The lowest BCUT2D eigenvalue weighted by Gasteiger charge is -2.36.